The van der Waals surface area contributed by atoms with E-state index in [0.717, 1.165) is 5.56 Å². The average molecular weight is 214 g/mol. The molecule has 0 aliphatic carbocycles. The third kappa shape index (κ3) is 2.45. The Morgan fingerprint density at radius 2 is 2.07 bits per heavy atom. The van der Waals surface area contributed by atoms with Crippen LogP contribution in [0.25, 0.3) is 0 Å². The zero-order chi connectivity index (χ0) is 10.8. The number of nitrogens with zero attached hydrogens (tertiary/aromatic N) is 1. The molecule has 78 valence electrons. The van der Waals surface area contributed by atoms with Gasteiger partial charge in [0.25, 0.3) is 0 Å². The summed E-state index contributed by atoms with van der Waals surface area (Å²) in [6.07, 6.45) is 3.14. The van der Waals surface area contributed by atoms with Crippen molar-refractivity contribution in [2.24, 2.45) is 0 Å². The van der Waals surface area contributed by atoms with Crippen molar-refractivity contribution in [1.82, 2.24) is 4.98 Å². The van der Waals surface area contributed by atoms with Gasteiger partial charge in [0.1, 0.15) is 0 Å². The molecule has 0 fully saturated rings. The van der Waals surface area contributed by atoms with Crippen molar-refractivity contribution < 1.29 is 8.42 Å². The van der Waals surface area contributed by atoms with Crippen molar-refractivity contribution in [3.8, 4) is 0 Å². The average Bonchev–Trinajstić information content (AvgIpc) is 2.08. The Labute approximate surface area is 84.4 Å². The Morgan fingerprint density at radius 1 is 1.43 bits per heavy atom. The summed E-state index contributed by atoms with van der Waals surface area (Å²) in [4.78, 5) is 3.86. The first-order valence-corrected chi connectivity index (χ1v) is 5.90. The largest absolute Gasteiger partial charge is 0.282 e. The molecule has 0 amide bonds. The number of pyridine rings is 1. The molecular weight excluding hydrogens is 200 g/mol. The quantitative estimate of drug-likeness (QED) is 0.830. The summed E-state index contributed by atoms with van der Waals surface area (Å²) >= 11 is 0. The van der Waals surface area contributed by atoms with Crippen LogP contribution in [0.5, 0.6) is 0 Å². The van der Waals surface area contributed by atoms with Gasteiger partial charge in [-0.25, -0.2) is 8.42 Å². The van der Waals surface area contributed by atoms with Gasteiger partial charge in [-0.05, 0) is 32.4 Å². The standard InChI is InChI=1S/C9H14N2O2S/c1-7(2)14(12,13)11-9-6-10-5-4-8(9)3/h4-7,11H,1-3H3. The number of rotatable bonds is 3. The molecule has 1 aromatic rings. The molecule has 0 aromatic carbocycles. The molecular formula is C9H14N2O2S. The zero-order valence-corrected chi connectivity index (χ0v) is 9.30. The van der Waals surface area contributed by atoms with E-state index in [1.165, 1.54) is 6.20 Å². The number of sulfonamides is 1. The Morgan fingerprint density at radius 3 is 2.57 bits per heavy atom. The highest BCUT2D eigenvalue weighted by Crippen LogP contribution is 2.14. The molecule has 0 radical (unpaired) electrons. The monoisotopic (exact) mass is 214 g/mol. The van der Waals surface area contributed by atoms with E-state index in [-0.39, 0.29) is 0 Å². The predicted octanol–water partition coefficient (Wildman–Crippen LogP) is 1.54. The van der Waals surface area contributed by atoms with E-state index in [1.54, 1.807) is 26.1 Å². The molecule has 5 heteroatoms. The fourth-order valence-corrected chi connectivity index (χ4v) is 1.60. The smallest absolute Gasteiger partial charge is 0.235 e. The number of hydrogen-bond donors (Lipinski definition) is 1. The van der Waals surface area contributed by atoms with Gasteiger partial charge in [0.2, 0.25) is 10.0 Å². The summed E-state index contributed by atoms with van der Waals surface area (Å²) in [6.45, 7) is 5.10. The minimum atomic E-state index is -3.26. The minimum absolute atomic E-state index is 0.442. The van der Waals surface area contributed by atoms with Crippen LogP contribution in [0.15, 0.2) is 18.5 Å². The molecule has 0 saturated carbocycles. The molecule has 1 heterocycles. The molecule has 14 heavy (non-hydrogen) atoms. The summed E-state index contributed by atoms with van der Waals surface area (Å²) in [5.41, 5.74) is 1.41. The lowest BCUT2D eigenvalue weighted by Crippen LogP contribution is -2.22. The topological polar surface area (TPSA) is 59.1 Å². The van der Waals surface area contributed by atoms with Gasteiger partial charge in [-0.1, -0.05) is 0 Å². The number of hydrogen-bond acceptors (Lipinski definition) is 3. The SMILES string of the molecule is Cc1ccncc1NS(=O)(=O)C(C)C. The highest BCUT2D eigenvalue weighted by atomic mass is 32.2. The molecule has 1 N–H and O–H groups in total. The van der Waals surface area contributed by atoms with Crippen LogP contribution in [0, 0.1) is 6.92 Å². The number of aryl methyl sites for hydroxylation is 1. The van der Waals surface area contributed by atoms with Crippen LogP contribution in [0.1, 0.15) is 19.4 Å². The molecule has 0 unspecified atom stereocenters. The predicted molar refractivity (Wildman–Crippen MR) is 56.7 cm³/mol. The molecule has 0 bridgehead atoms. The van der Waals surface area contributed by atoms with Crippen LogP contribution in [-0.2, 0) is 10.0 Å². The van der Waals surface area contributed by atoms with Crippen molar-refractivity contribution in [1.29, 1.82) is 0 Å². The van der Waals surface area contributed by atoms with Crippen LogP contribution in [-0.4, -0.2) is 18.7 Å². The van der Waals surface area contributed by atoms with Gasteiger partial charge in [0, 0.05) is 6.20 Å². The fraction of sp³-hybridized carbons (Fsp3) is 0.444. The van der Waals surface area contributed by atoms with Crippen LogP contribution in [0.3, 0.4) is 0 Å². The van der Waals surface area contributed by atoms with E-state index in [4.69, 9.17) is 0 Å². The molecule has 0 aliphatic heterocycles. The highest BCUT2D eigenvalue weighted by molar-refractivity contribution is 7.93. The molecule has 0 saturated heterocycles. The van der Waals surface area contributed by atoms with E-state index in [9.17, 15) is 8.42 Å². The van der Waals surface area contributed by atoms with Gasteiger partial charge < -0.3 is 0 Å². The second-order valence-corrected chi connectivity index (χ2v) is 5.62. The van der Waals surface area contributed by atoms with Crippen LogP contribution in [0.2, 0.25) is 0 Å². The second-order valence-electron chi connectivity index (χ2n) is 3.39. The summed E-state index contributed by atoms with van der Waals surface area (Å²) in [5, 5.41) is -0.442. The molecule has 0 atom stereocenters. The van der Waals surface area contributed by atoms with Gasteiger partial charge >= 0.3 is 0 Å². The van der Waals surface area contributed by atoms with Gasteiger partial charge in [0.15, 0.2) is 0 Å². The Balaban J connectivity index is 2.96. The first-order chi connectivity index (χ1) is 6.43. The van der Waals surface area contributed by atoms with Crippen molar-refractivity contribution >= 4 is 15.7 Å². The maximum atomic E-state index is 11.5. The first kappa shape index (κ1) is 11.0. The molecule has 1 rings (SSSR count). The fourth-order valence-electron chi connectivity index (χ4n) is 0.842. The van der Waals surface area contributed by atoms with Gasteiger partial charge in [-0.15, -0.1) is 0 Å². The Bertz CT molecular complexity index is 413. The normalized spacial score (nSPS) is 11.7. The summed E-state index contributed by atoms with van der Waals surface area (Å²) in [5.74, 6) is 0. The third-order valence-corrected chi connectivity index (χ3v) is 3.66. The van der Waals surface area contributed by atoms with Crippen molar-refractivity contribution in [2.45, 2.75) is 26.0 Å². The maximum absolute atomic E-state index is 11.5. The Kier molecular flexibility index (Phi) is 3.10. The van der Waals surface area contributed by atoms with E-state index < -0.39 is 15.3 Å². The summed E-state index contributed by atoms with van der Waals surface area (Å²) in [7, 11) is -3.26. The lowest BCUT2D eigenvalue weighted by Gasteiger charge is -2.11. The highest BCUT2D eigenvalue weighted by Gasteiger charge is 2.16. The van der Waals surface area contributed by atoms with Crippen LogP contribution < -0.4 is 4.72 Å². The van der Waals surface area contributed by atoms with Crippen molar-refractivity contribution in [3.63, 3.8) is 0 Å². The van der Waals surface area contributed by atoms with Crippen LogP contribution in [0.4, 0.5) is 5.69 Å². The van der Waals surface area contributed by atoms with E-state index >= 15 is 0 Å². The maximum Gasteiger partial charge on any atom is 0.235 e. The molecule has 0 aliphatic rings. The van der Waals surface area contributed by atoms with Crippen molar-refractivity contribution in [2.75, 3.05) is 4.72 Å². The number of aromatic nitrogens is 1. The lowest BCUT2D eigenvalue weighted by molar-refractivity contribution is 0.592. The molecule has 4 nitrogen and oxygen atoms in total. The lowest BCUT2D eigenvalue weighted by atomic mass is 10.3. The number of nitrogens with one attached hydrogen (secondary N) is 1. The van der Waals surface area contributed by atoms with E-state index in [1.807, 2.05) is 6.92 Å². The van der Waals surface area contributed by atoms with Gasteiger partial charge in [-0.3, -0.25) is 9.71 Å². The summed E-state index contributed by atoms with van der Waals surface area (Å²) < 4.78 is 25.5. The summed E-state index contributed by atoms with van der Waals surface area (Å²) in [6, 6.07) is 1.76. The van der Waals surface area contributed by atoms with Gasteiger partial charge in [0.05, 0.1) is 17.1 Å². The second kappa shape index (κ2) is 3.96. The molecule has 0 spiro atoms. The van der Waals surface area contributed by atoms with Gasteiger partial charge in [-0.2, -0.15) is 0 Å². The first-order valence-electron chi connectivity index (χ1n) is 4.35. The van der Waals surface area contributed by atoms with E-state index in [2.05, 4.69) is 9.71 Å². The van der Waals surface area contributed by atoms with Crippen LogP contribution >= 0.6 is 0 Å². The Hall–Kier alpha value is -1.10. The number of anilines is 1. The van der Waals surface area contributed by atoms with E-state index in [0.29, 0.717) is 5.69 Å². The third-order valence-electron chi connectivity index (χ3n) is 1.91. The zero-order valence-electron chi connectivity index (χ0n) is 8.48. The minimum Gasteiger partial charge on any atom is -0.282 e. The van der Waals surface area contributed by atoms with Crippen molar-refractivity contribution in [3.05, 3.63) is 24.0 Å². The molecule has 1 aromatic heterocycles.